The Hall–Kier alpha value is -1.03. The van der Waals surface area contributed by atoms with Crippen molar-refractivity contribution in [3.8, 4) is 0 Å². The maximum Gasteiger partial charge on any atom is 0.145 e. The molecule has 0 amide bonds. The number of nitrogens with two attached hydrogens (primary N) is 1. The molecule has 0 aliphatic rings. The summed E-state index contributed by atoms with van der Waals surface area (Å²) in [5, 5.41) is 4.11. The molecule has 1 rings (SSSR count). The molecule has 4 nitrogen and oxygen atoms in total. The van der Waals surface area contributed by atoms with Gasteiger partial charge in [0.05, 0.1) is 6.54 Å². The Balaban J connectivity index is 2.26. The highest BCUT2D eigenvalue weighted by molar-refractivity contribution is 5.23. The van der Waals surface area contributed by atoms with Crippen molar-refractivity contribution in [2.45, 2.75) is 19.9 Å². The van der Waals surface area contributed by atoms with Crippen LogP contribution in [-0.2, 0) is 6.54 Å². The molecule has 13 heavy (non-hydrogen) atoms. The number of hydrogen-bond donors (Lipinski definition) is 1. The second-order valence-corrected chi connectivity index (χ2v) is 3.31. The highest BCUT2D eigenvalue weighted by Crippen LogP contribution is 1.96. The fourth-order valence-electron chi connectivity index (χ4n) is 1.27. The molecular formula is C9H18N4. The molecule has 1 heterocycles. The van der Waals surface area contributed by atoms with E-state index in [1.807, 2.05) is 16.9 Å². The van der Waals surface area contributed by atoms with Gasteiger partial charge in [-0.05, 0) is 26.1 Å². The highest BCUT2D eigenvalue weighted by atomic mass is 15.3. The predicted molar refractivity (Wildman–Crippen MR) is 54.4 cm³/mol. The van der Waals surface area contributed by atoms with Crippen LogP contribution in [-0.4, -0.2) is 34.8 Å². The molecule has 74 valence electrons. The minimum absolute atomic E-state index is 0.596. The van der Waals surface area contributed by atoms with Crippen LogP contribution in [0, 0.1) is 0 Å². The lowest BCUT2D eigenvalue weighted by molar-refractivity contribution is 0.313. The van der Waals surface area contributed by atoms with Crippen molar-refractivity contribution in [2.24, 2.45) is 0 Å². The first kappa shape index (κ1) is 10.1. The van der Waals surface area contributed by atoms with E-state index in [1.54, 1.807) is 0 Å². The normalized spacial score (nSPS) is 11.0. The van der Waals surface area contributed by atoms with Crippen LogP contribution in [0.25, 0.3) is 0 Å². The monoisotopic (exact) mass is 182 g/mol. The number of nitrogens with zero attached hydrogens (tertiary/aromatic N) is 3. The quantitative estimate of drug-likeness (QED) is 0.733. The summed E-state index contributed by atoms with van der Waals surface area (Å²) >= 11 is 0. The molecule has 2 N–H and O–H groups in total. The van der Waals surface area contributed by atoms with E-state index in [0.29, 0.717) is 5.82 Å². The lowest BCUT2D eigenvalue weighted by Gasteiger charge is -2.14. The Kier molecular flexibility index (Phi) is 3.76. The number of aromatic nitrogens is 2. The van der Waals surface area contributed by atoms with Crippen LogP contribution in [0.3, 0.4) is 0 Å². The van der Waals surface area contributed by atoms with Crippen LogP contribution in [0.1, 0.15) is 13.3 Å². The highest BCUT2D eigenvalue weighted by Gasteiger charge is 1.98. The molecule has 1 aromatic heterocycles. The van der Waals surface area contributed by atoms with Crippen molar-refractivity contribution in [1.82, 2.24) is 14.7 Å². The SMILES string of the molecule is CCCN(C)CCn1ccc(N)n1. The summed E-state index contributed by atoms with van der Waals surface area (Å²) in [6, 6.07) is 1.82. The molecule has 0 bridgehead atoms. The summed E-state index contributed by atoms with van der Waals surface area (Å²) in [6.07, 6.45) is 3.10. The molecule has 0 radical (unpaired) electrons. The minimum Gasteiger partial charge on any atom is -0.382 e. The summed E-state index contributed by atoms with van der Waals surface area (Å²) in [4.78, 5) is 2.29. The van der Waals surface area contributed by atoms with Crippen molar-refractivity contribution < 1.29 is 0 Å². The van der Waals surface area contributed by atoms with Gasteiger partial charge < -0.3 is 10.6 Å². The van der Waals surface area contributed by atoms with Gasteiger partial charge in [0, 0.05) is 12.7 Å². The first-order valence-corrected chi connectivity index (χ1v) is 4.70. The molecule has 4 heteroatoms. The van der Waals surface area contributed by atoms with Gasteiger partial charge in [-0.25, -0.2) is 0 Å². The third kappa shape index (κ3) is 3.46. The van der Waals surface area contributed by atoms with Gasteiger partial charge in [-0.1, -0.05) is 6.92 Å². The first-order valence-electron chi connectivity index (χ1n) is 4.70. The van der Waals surface area contributed by atoms with E-state index in [-0.39, 0.29) is 0 Å². The molecule has 0 aromatic carbocycles. The molecule has 0 aliphatic heterocycles. The van der Waals surface area contributed by atoms with E-state index < -0.39 is 0 Å². The topological polar surface area (TPSA) is 47.1 Å². The Labute approximate surface area is 79.3 Å². The molecule has 0 saturated carbocycles. The zero-order valence-electron chi connectivity index (χ0n) is 8.40. The molecule has 1 aromatic rings. The molecule has 0 atom stereocenters. The third-order valence-electron chi connectivity index (χ3n) is 1.98. The number of hydrogen-bond acceptors (Lipinski definition) is 3. The molecule has 0 spiro atoms. The Bertz CT molecular complexity index is 244. The van der Waals surface area contributed by atoms with Crippen molar-refractivity contribution in [1.29, 1.82) is 0 Å². The van der Waals surface area contributed by atoms with E-state index in [9.17, 15) is 0 Å². The summed E-state index contributed by atoms with van der Waals surface area (Å²) in [6.45, 7) is 5.25. The van der Waals surface area contributed by atoms with Crippen LogP contribution >= 0.6 is 0 Å². The zero-order valence-corrected chi connectivity index (χ0v) is 8.40. The lowest BCUT2D eigenvalue weighted by atomic mass is 10.4. The van der Waals surface area contributed by atoms with Crippen molar-refractivity contribution in [3.63, 3.8) is 0 Å². The summed E-state index contributed by atoms with van der Waals surface area (Å²) in [5.74, 6) is 0.596. The van der Waals surface area contributed by atoms with Crippen LogP contribution in [0.5, 0.6) is 0 Å². The van der Waals surface area contributed by atoms with Crippen molar-refractivity contribution >= 4 is 5.82 Å². The molecule has 0 fully saturated rings. The zero-order chi connectivity index (χ0) is 9.68. The fourth-order valence-corrected chi connectivity index (χ4v) is 1.27. The van der Waals surface area contributed by atoms with Crippen LogP contribution in [0.2, 0.25) is 0 Å². The average molecular weight is 182 g/mol. The maximum atomic E-state index is 5.50. The summed E-state index contributed by atoms with van der Waals surface area (Å²) < 4.78 is 1.88. The molecule has 0 saturated heterocycles. The maximum absolute atomic E-state index is 5.50. The van der Waals surface area contributed by atoms with Crippen molar-refractivity contribution in [2.75, 3.05) is 25.9 Å². The lowest BCUT2D eigenvalue weighted by Crippen LogP contribution is -2.24. The summed E-state index contributed by atoms with van der Waals surface area (Å²) in [5.41, 5.74) is 5.50. The van der Waals surface area contributed by atoms with E-state index in [4.69, 9.17) is 5.73 Å². The van der Waals surface area contributed by atoms with Gasteiger partial charge in [0.2, 0.25) is 0 Å². The van der Waals surface area contributed by atoms with Gasteiger partial charge in [-0.3, -0.25) is 4.68 Å². The third-order valence-corrected chi connectivity index (χ3v) is 1.98. The largest absolute Gasteiger partial charge is 0.382 e. The average Bonchev–Trinajstić information content (AvgIpc) is 2.49. The van der Waals surface area contributed by atoms with Gasteiger partial charge in [-0.2, -0.15) is 5.10 Å². The van der Waals surface area contributed by atoms with Gasteiger partial charge >= 0.3 is 0 Å². The number of nitrogen functional groups attached to an aromatic ring is 1. The second kappa shape index (κ2) is 4.87. The second-order valence-electron chi connectivity index (χ2n) is 3.31. The molecule has 0 unspecified atom stereocenters. The van der Waals surface area contributed by atoms with E-state index in [2.05, 4.69) is 24.0 Å². The van der Waals surface area contributed by atoms with Crippen LogP contribution < -0.4 is 5.73 Å². The standard InChI is InChI=1S/C9H18N4/c1-3-5-12(2)7-8-13-6-4-9(10)11-13/h4,6H,3,5,7-8H2,1-2H3,(H2,10,11). The van der Waals surface area contributed by atoms with E-state index in [0.717, 1.165) is 19.6 Å². The van der Waals surface area contributed by atoms with Gasteiger partial charge in [0.15, 0.2) is 0 Å². The van der Waals surface area contributed by atoms with Crippen molar-refractivity contribution in [3.05, 3.63) is 12.3 Å². The van der Waals surface area contributed by atoms with Gasteiger partial charge in [-0.15, -0.1) is 0 Å². The minimum atomic E-state index is 0.596. The Morgan fingerprint density at radius 3 is 2.85 bits per heavy atom. The van der Waals surface area contributed by atoms with E-state index >= 15 is 0 Å². The smallest absolute Gasteiger partial charge is 0.145 e. The number of anilines is 1. The van der Waals surface area contributed by atoms with Crippen LogP contribution in [0.15, 0.2) is 12.3 Å². The number of likely N-dealkylation sites (N-methyl/N-ethyl adjacent to an activating group) is 1. The Morgan fingerprint density at radius 2 is 2.31 bits per heavy atom. The van der Waals surface area contributed by atoms with Gasteiger partial charge in [0.1, 0.15) is 5.82 Å². The fraction of sp³-hybridized carbons (Fsp3) is 0.667. The van der Waals surface area contributed by atoms with Crippen LogP contribution in [0.4, 0.5) is 5.82 Å². The van der Waals surface area contributed by atoms with E-state index in [1.165, 1.54) is 6.42 Å². The predicted octanol–water partition coefficient (Wildman–Crippen LogP) is 0.807. The summed E-state index contributed by atoms with van der Waals surface area (Å²) in [7, 11) is 2.12. The first-order chi connectivity index (χ1) is 6.22. The number of rotatable bonds is 5. The Morgan fingerprint density at radius 1 is 1.54 bits per heavy atom. The van der Waals surface area contributed by atoms with Gasteiger partial charge in [0.25, 0.3) is 0 Å². The molecular weight excluding hydrogens is 164 g/mol. The molecule has 0 aliphatic carbocycles.